The van der Waals surface area contributed by atoms with Gasteiger partial charge in [-0.2, -0.15) is 0 Å². The van der Waals surface area contributed by atoms with Gasteiger partial charge in [0.25, 0.3) is 0 Å². The zero-order valence-corrected chi connectivity index (χ0v) is 29.4. The van der Waals surface area contributed by atoms with E-state index in [0.29, 0.717) is 33.2 Å². The van der Waals surface area contributed by atoms with Gasteiger partial charge in [0, 0.05) is 44.7 Å². The van der Waals surface area contributed by atoms with Crippen molar-refractivity contribution in [2.75, 3.05) is 0 Å². The Bertz CT molecular complexity index is 2090. The molecule has 0 amide bonds. The van der Waals surface area contributed by atoms with Crippen LogP contribution in [0.15, 0.2) is 83.5 Å². The van der Waals surface area contributed by atoms with Crippen LogP contribution < -0.4 is 5.19 Å². The van der Waals surface area contributed by atoms with E-state index >= 15 is 0 Å². The van der Waals surface area contributed by atoms with Gasteiger partial charge in [-0.3, -0.25) is 0 Å². The van der Waals surface area contributed by atoms with Crippen molar-refractivity contribution in [3.63, 3.8) is 0 Å². The molecule has 0 aliphatic rings. The third-order valence-corrected chi connectivity index (χ3v) is 9.35. The van der Waals surface area contributed by atoms with E-state index in [0.717, 1.165) is 22.4 Å². The minimum absolute atomic E-state index is 0. The normalized spacial score (nSPS) is 14.0. The summed E-state index contributed by atoms with van der Waals surface area (Å²) < 4.78 is 59.1. The van der Waals surface area contributed by atoms with Crippen molar-refractivity contribution in [3.05, 3.63) is 114 Å². The van der Waals surface area contributed by atoms with Crippen LogP contribution in [0.1, 0.15) is 63.0 Å². The Morgan fingerprint density at radius 3 is 2.39 bits per heavy atom. The Labute approximate surface area is 282 Å². The molecule has 6 aromatic rings. The van der Waals surface area contributed by atoms with Crippen LogP contribution in [0.2, 0.25) is 19.6 Å². The van der Waals surface area contributed by atoms with Crippen molar-refractivity contribution < 1.29 is 35.8 Å². The number of hydrogen-bond donors (Lipinski definition) is 0. The first-order valence-electron chi connectivity index (χ1n) is 16.8. The maximum absolute atomic E-state index is 14.2. The predicted octanol–water partition coefficient (Wildman–Crippen LogP) is 10.2. The summed E-state index contributed by atoms with van der Waals surface area (Å²) in [5.41, 5.74) is 5.98. The van der Waals surface area contributed by atoms with Crippen LogP contribution in [0, 0.1) is 24.8 Å². The molecule has 0 saturated heterocycles. The van der Waals surface area contributed by atoms with Crippen LogP contribution in [0.25, 0.3) is 44.5 Å². The van der Waals surface area contributed by atoms with Crippen LogP contribution in [0.5, 0.6) is 0 Å². The van der Waals surface area contributed by atoms with E-state index in [4.69, 9.17) is 11.3 Å². The van der Waals surface area contributed by atoms with Crippen molar-refractivity contribution in [3.8, 4) is 22.5 Å². The Morgan fingerprint density at radius 2 is 1.73 bits per heavy atom. The van der Waals surface area contributed by atoms with Gasteiger partial charge in [0.1, 0.15) is 11.4 Å². The van der Waals surface area contributed by atoms with Crippen molar-refractivity contribution in [2.45, 2.75) is 66.0 Å². The van der Waals surface area contributed by atoms with Crippen molar-refractivity contribution in [2.24, 2.45) is 0 Å². The molecular weight excluding hydrogens is 740 g/mol. The number of nitrogens with zero attached hydrogens (tertiary/aromatic N) is 2. The summed E-state index contributed by atoms with van der Waals surface area (Å²) in [5, 5.41) is 2.36. The number of rotatable bonds is 5. The van der Waals surface area contributed by atoms with E-state index < -0.39 is 26.7 Å². The zero-order chi connectivity index (χ0) is 35.2. The monoisotopic (exact) mass is 784 g/mol. The summed E-state index contributed by atoms with van der Waals surface area (Å²) in [7, 11) is -1.61. The second kappa shape index (κ2) is 13.7. The molecule has 0 aliphatic carbocycles. The van der Waals surface area contributed by atoms with E-state index in [-0.39, 0.29) is 31.5 Å². The molecule has 3 aromatic carbocycles. The number of hydrogen-bond acceptors (Lipinski definition) is 3. The standard InChI is InChI=1S/C20H15FNO.C18H24NSi.Ir/c1-12(2)13-9-10-22-17(11-13)14-5-3-6-15-19-16(21)7-4-8-18(19)23-20(14)15;1-13(2)16-11-17(15-9-7-14(3)8-10-15)19-12-18(16)20(4,5)6;/h3-4,6-12H,1-2H3;7-9,11-13H,1-6H3;/q2*-1;/i12D;3D3,13D;. The summed E-state index contributed by atoms with van der Waals surface area (Å²) in [6.07, 6.45) is 3.57. The predicted molar refractivity (Wildman–Crippen MR) is 180 cm³/mol. The minimum atomic E-state index is -2.13. The zero-order valence-electron chi connectivity index (χ0n) is 31.0. The van der Waals surface area contributed by atoms with Gasteiger partial charge in [-0.1, -0.05) is 94.5 Å². The molecule has 0 aliphatic heterocycles. The molecular formula is C38H39FIrN2OSi-2. The number of pyridine rings is 2. The number of aromatic nitrogens is 2. The van der Waals surface area contributed by atoms with Gasteiger partial charge >= 0.3 is 0 Å². The number of fused-ring (bicyclic) bond motifs is 3. The molecule has 1 radical (unpaired) electrons. The van der Waals surface area contributed by atoms with Crippen molar-refractivity contribution >= 4 is 35.2 Å². The van der Waals surface area contributed by atoms with Crippen LogP contribution in [-0.4, -0.2) is 18.0 Å². The fraction of sp³-hybridized carbons (Fsp3) is 0.263. The average molecular weight is 784 g/mol. The number of benzene rings is 3. The second-order valence-corrected chi connectivity index (χ2v) is 17.1. The molecule has 0 N–H and O–H groups in total. The molecule has 6 rings (SSSR count). The van der Waals surface area contributed by atoms with Crippen LogP contribution >= 0.6 is 0 Å². The SMILES string of the molecule is [2H]C(C)(C)c1ccnc(-c2[c-]ccc3c2oc2cccc(F)c23)c1.[2H]C([2H])([2H])c1c[c-]c(-c2cc(C([2H])(C)C)c([Si](C)(C)C)cn2)cc1.[Ir]. The molecule has 3 nitrogen and oxygen atoms in total. The van der Waals surface area contributed by atoms with Crippen LogP contribution in [-0.2, 0) is 20.1 Å². The molecule has 0 fully saturated rings. The Hall–Kier alpha value is -3.44. The minimum Gasteiger partial charge on any atom is -0.500 e. The summed E-state index contributed by atoms with van der Waals surface area (Å²) >= 11 is 0. The van der Waals surface area contributed by atoms with Crippen molar-refractivity contribution in [1.82, 2.24) is 9.97 Å². The van der Waals surface area contributed by atoms with Crippen molar-refractivity contribution in [1.29, 1.82) is 0 Å². The molecule has 0 unspecified atom stereocenters. The third-order valence-electron chi connectivity index (χ3n) is 7.34. The van der Waals surface area contributed by atoms with Gasteiger partial charge in [0.15, 0.2) is 0 Å². The molecule has 6 heteroatoms. The van der Waals surface area contributed by atoms with Crippen LogP contribution in [0.4, 0.5) is 4.39 Å². The smallest absolute Gasteiger partial charge is 0.133 e. The Kier molecular flexibility index (Phi) is 8.37. The quantitative estimate of drug-likeness (QED) is 0.129. The fourth-order valence-electron chi connectivity index (χ4n) is 5.01. The maximum atomic E-state index is 14.2. The molecule has 229 valence electrons. The summed E-state index contributed by atoms with van der Waals surface area (Å²) in [6, 6.07) is 25.0. The summed E-state index contributed by atoms with van der Waals surface area (Å²) in [4.78, 5) is 8.96. The average Bonchev–Trinajstić information content (AvgIpc) is 3.40. The maximum Gasteiger partial charge on any atom is 0.133 e. The van der Waals surface area contributed by atoms with Gasteiger partial charge in [-0.15, -0.1) is 53.6 Å². The van der Waals surface area contributed by atoms with Gasteiger partial charge in [-0.25, -0.2) is 4.39 Å². The van der Waals surface area contributed by atoms with Gasteiger partial charge in [0.2, 0.25) is 0 Å². The van der Waals surface area contributed by atoms with E-state index in [9.17, 15) is 4.39 Å². The Morgan fingerprint density at radius 1 is 0.932 bits per heavy atom. The van der Waals surface area contributed by atoms with Gasteiger partial charge in [0.05, 0.1) is 13.7 Å². The summed E-state index contributed by atoms with van der Waals surface area (Å²) in [5.74, 6) is -1.75. The first kappa shape index (κ1) is 26.9. The molecule has 0 saturated carbocycles. The third kappa shape index (κ3) is 7.09. The Balaban J connectivity index is 0.000000216. The molecule has 0 bridgehead atoms. The first-order chi connectivity index (χ1) is 22.2. The molecule has 0 atom stereocenters. The van der Waals surface area contributed by atoms with Gasteiger partial charge in [-0.05, 0) is 46.6 Å². The molecule has 0 spiro atoms. The van der Waals surface area contributed by atoms with Crippen LogP contribution in [0.3, 0.4) is 0 Å². The largest absolute Gasteiger partial charge is 0.500 e. The number of halogens is 1. The van der Waals surface area contributed by atoms with E-state index in [1.54, 1.807) is 42.6 Å². The van der Waals surface area contributed by atoms with E-state index in [1.165, 1.54) is 17.3 Å². The fourth-order valence-corrected chi connectivity index (χ4v) is 6.60. The van der Waals surface area contributed by atoms with Gasteiger partial charge < -0.3 is 14.4 Å². The topological polar surface area (TPSA) is 38.9 Å². The summed E-state index contributed by atoms with van der Waals surface area (Å²) in [6.45, 7) is 12.0. The van der Waals surface area contributed by atoms with E-state index in [1.807, 2.05) is 52.1 Å². The number of aryl methyl sites for hydroxylation is 1. The van der Waals surface area contributed by atoms with E-state index in [2.05, 4.69) is 41.7 Å². The molecule has 44 heavy (non-hydrogen) atoms. The number of furan rings is 1. The molecule has 3 aromatic heterocycles. The first-order valence-corrected chi connectivity index (χ1v) is 17.8. The molecule has 3 heterocycles. The second-order valence-electron chi connectivity index (χ2n) is 12.1.